The predicted octanol–water partition coefficient (Wildman–Crippen LogP) is 3.07. The molecule has 1 saturated heterocycles. The first-order valence-electron chi connectivity index (χ1n) is 10.7. The minimum absolute atomic E-state index is 0.170. The summed E-state index contributed by atoms with van der Waals surface area (Å²) in [5, 5.41) is 6.20. The van der Waals surface area contributed by atoms with Gasteiger partial charge in [0.2, 0.25) is 15.9 Å². The third kappa shape index (κ3) is 5.88. The zero-order valence-electron chi connectivity index (χ0n) is 18.0. The highest BCUT2D eigenvalue weighted by Gasteiger charge is 2.36. The molecular weight excluding hydrogens is 450 g/mol. The van der Waals surface area contributed by atoms with Gasteiger partial charge in [-0.15, -0.1) is 0 Å². The number of nitrogens with zero attached hydrogens (tertiary/aromatic N) is 1. The standard InChI is InChI=1S/C23H28ClN3O4S/c1-2-14-25-23(29)21(26-22(28)18-6-4-3-5-7-18)17-12-15-27(16-13-17)32(30,31)20-10-8-19(24)9-11-20/h3-11,17,21H,2,12-16H2,1H3,(H,25,29)(H,26,28). The van der Waals surface area contributed by atoms with Crippen molar-refractivity contribution in [3.05, 3.63) is 65.2 Å². The van der Waals surface area contributed by atoms with Crippen molar-refractivity contribution in [1.29, 1.82) is 0 Å². The van der Waals surface area contributed by atoms with Gasteiger partial charge in [0.25, 0.3) is 5.91 Å². The highest BCUT2D eigenvalue weighted by atomic mass is 35.5. The monoisotopic (exact) mass is 477 g/mol. The van der Waals surface area contributed by atoms with Gasteiger partial charge >= 0.3 is 0 Å². The van der Waals surface area contributed by atoms with Gasteiger partial charge in [-0.25, -0.2) is 8.42 Å². The molecule has 0 aliphatic carbocycles. The number of hydrogen-bond acceptors (Lipinski definition) is 4. The van der Waals surface area contributed by atoms with Crippen molar-refractivity contribution in [2.75, 3.05) is 19.6 Å². The van der Waals surface area contributed by atoms with E-state index in [9.17, 15) is 18.0 Å². The molecule has 1 unspecified atom stereocenters. The van der Waals surface area contributed by atoms with E-state index in [2.05, 4.69) is 10.6 Å². The number of benzene rings is 2. The van der Waals surface area contributed by atoms with Crippen molar-refractivity contribution in [2.24, 2.45) is 5.92 Å². The van der Waals surface area contributed by atoms with Crippen LogP contribution in [0.2, 0.25) is 5.02 Å². The summed E-state index contributed by atoms with van der Waals surface area (Å²) < 4.78 is 27.3. The molecule has 1 aliphatic rings. The van der Waals surface area contributed by atoms with Gasteiger partial charge in [-0.1, -0.05) is 36.7 Å². The Morgan fingerprint density at radius 2 is 1.69 bits per heavy atom. The van der Waals surface area contributed by atoms with Gasteiger partial charge < -0.3 is 10.6 Å². The highest BCUT2D eigenvalue weighted by Crippen LogP contribution is 2.27. The molecule has 0 bridgehead atoms. The third-order valence-electron chi connectivity index (χ3n) is 5.58. The number of amides is 2. The maximum absolute atomic E-state index is 12.9. The van der Waals surface area contributed by atoms with E-state index in [0.29, 0.717) is 30.0 Å². The Balaban J connectivity index is 1.71. The Labute approximate surface area is 194 Å². The molecule has 0 saturated carbocycles. The molecule has 32 heavy (non-hydrogen) atoms. The van der Waals surface area contributed by atoms with Crippen LogP contribution in [-0.4, -0.2) is 50.2 Å². The number of halogens is 1. The summed E-state index contributed by atoms with van der Waals surface area (Å²) >= 11 is 5.87. The van der Waals surface area contributed by atoms with E-state index in [1.54, 1.807) is 36.4 Å². The third-order valence-corrected chi connectivity index (χ3v) is 7.74. The highest BCUT2D eigenvalue weighted by molar-refractivity contribution is 7.89. The van der Waals surface area contributed by atoms with Crippen LogP contribution in [0, 0.1) is 5.92 Å². The second kappa shape index (κ2) is 10.9. The molecule has 1 heterocycles. The van der Waals surface area contributed by atoms with Gasteiger partial charge in [-0.3, -0.25) is 9.59 Å². The van der Waals surface area contributed by atoms with E-state index in [-0.39, 0.29) is 35.7 Å². The molecule has 1 atom stereocenters. The van der Waals surface area contributed by atoms with Crippen LogP contribution in [0.5, 0.6) is 0 Å². The van der Waals surface area contributed by atoms with Crippen molar-refractivity contribution >= 4 is 33.4 Å². The summed E-state index contributed by atoms with van der Waals surface area (Å²) in [6, 6.07) is 14.1. The number of carbonyl (C=O) groups is 2. The quantitative estimate of drug-likeness (QED) is 0.610. The first kappa shape index (κ1) is 24.2. The Bertz CT molecular complexity index is 1020. The lowest BCUT2D eigenvalue weighted by Gasteiger charge is -2.35. The van der Waals surface area contributed by atoms with Crippen molar-refractivity contribution in [1.82, 2.24) is 14.9 Å². The fourth-order valence-electron chi connectivity index (χ4n) is 3.77. The maximum Gasteiger partial charge on any atom is 0.251 e. The molecule has 3 rings (SSSR count). The Morgan fingerprint density at radius 1 is 1.06 bits per heavy atom. The number of sulfonamides is 1. The van der Waals surface area contributed by atoms with Gasteiger partial charge in [-0.2, -0.15) is 4.31 Å². The minimum Gasteiger partial charge on any atom is -0.354 e. The van der Waals surface area contributed by atoms with E-state index in [1.807, 2.05) is 13.0 Å². The molecule has 9 heteroatoms. The Morgan fingerprint density at radius 3 is 2.28 bits per heavy atom. The van der Waals surface area contributed by atoms with E-state index >= 15 is 0 Å². The van der Waals surface area contributed by atoms with Gasteiger partial charge in [-0.05, 0) is 61.6 Å². The van der Waals surface area contributed by atoms with Crippen LogP contribution < -0.4 is 10.6 Å². The molecule has 2 aromatic carbocycles. The van der Waals surface area contributed by atoms with E-state index in [4.69, 9.17) is 11.6 Å². The summed E-state index contributed by atoms with van der Waals surface area (Å²) in [6.07, 6.45) is 1.71. The average Bonchev–Trinajstić information content (AvgIpc) is 2.81. The molecule has 0 spiro atoms. The van der Waals surface area contributed by atoms with E-state index in [1.165, 1.54) is 16.4 Å². The first-order valence-corrected chi connectivity index (χ1v) is 12.5. The van der Waals surface area contributed by atoms with Gasteiger partial charge in [0.15, 0.2) is 0 Å². The molecule has 2 aromatic rings. The lowest BCUT2D eigenvalue weighted by Crippen LogP contribution is -2.53. The molecule has 0 aromatic heterocycles. The normalized spacial score (nSPS) is 16.3. The van der Waals surface area contributed by atoms with Crippen LogP contribution in [0.1, 0.15) is 36.5 Å². The lowest BCUT2D eigenvalue weighted by atomic mass is 9.89. The molecule has 172 valence electrons. The SMILES string of the molecule is CCCNC(=O)C(NC(=O)c1ccccc1)C1CCN(S(=O)(=O)c2ccc(Cl)cc2)CC1. The largest absolute Gasteiger partial charge is 0.354 e. The van der Waals surface area contributed by atoms with Gasteiger partial charge in [0, 0.05) is 30.2 Å². The van der Waals surface area contributed by atoms with Gasteiger partial charge in [0.1, 0.15) is 6.04 Å². The van der Waals surface area contributed by atoms with Crippen LogP contribution in [0.25, 0.3) is 0 Å². The number of nitrogens with one attached hydrogen (secondary N) is 2. The number of piperidine rings is 1. The summed E-state index contributed by atoms with van der Waals surface area (Å²) in [7, 11) is -3.64. The molecule has 2 amide bonds. The first-order chi connectivity index (χ1) is 15.3. The van der Waals surface area contributed by atoms with Crippen molar-refractivity contribution in [3.63, 3.8) is 0 Å². The van der Waals surface area contributed by atoms with Crippen LogP contribution in [-0.2, 0) is 14.8 Å². The van der Waals surface area contributed by atoms with Crippen LogP contribution in [0.15, 0.2) is 59.5 Å². The fourth-order valence-corrected chi connectivity index (χ4v) is 5.37. The zero-order chi connectivity index (χ0) is 23.1. The Hall–Kier alpha value is -2.42. The van der Waals surface area contributed by atoms with Crippen molar-refractivity contribution in [3.8, 4) is 0 Å². The second-order valence-electron chi connectivity index (χ2n) is 7.80. The van der Waals surface area contributed by atoms with Crippen LogP contribution >= 0.6 is 11.6 Å². The average molecular weight is 478 g/mol. The molecule has 0 radical (unpaired) electrons. The summed E-state index contributed by atoms with van der Waals surface area (Å²) in [5.74, 6) is -0.732. The van der Waals surface area contributed by atoms with Crippen LogP contribution in [0.4, 0.5) is 0 Å². The fraction of sp³-hybridized carbons (Fsp3) is 0.391. The summed E-state index contributed by atoms with van der Waals surface area (Å²) in [4.78, 5) is 25.7. The molecule has 2 N–H and O–H groups in total. The zero-order valence-corrected chi connectivity index (χ0v) is 19.5. The smallest absolute Gasteiger partial charge is 0.251 e. The lowest BCUT2D eigenvalue weighted by molar-refractivity contribution is -0.124. The van der Waals surface area contributed by atoms with Crippen molar-refractivity contribution < 1.29 is 18.0 Å². The number of rotatable bonds is 8. The predicted molar refractivity (Wildman–Crippen MR) is 124 cm³/mol. The summed E-state index contributed by atoms with van der Waals surface area (Å²) in [5.41, 5.74) is 0.476. The van der Waals surface area contributed by atoms with E-state index in [0.717, 1.165) is 6.42 Å². The van der Waals surface area contributed by atoms with Crippen molar-refractivity contribution in [2.45, 2.75) is 37.1 Å². The number of carbonyl (C=O) groups excluding carboxylic acids is 2. The second-order valence-corrected chi connectivity index (χ2v) is 10.2. The summed E-state index contributed by atoms with van der Waals surface area (Å²) in [6.45, 7) is 3.01. The van der Waals surface area contributed by atoms with Crippen LogP contribution in [0.3, 0.4) is 0 Å². The maximum atomic E-state index is 12.9. The molecule has 7 nitrogen and oxygen atoms in total. The molecule has 1 fully saturated rings. The minimum atomic E-state index is -3.64. The Kier molecular flexibility index (Phi) is 8.28. The number of hydrogen-bond donors (Lipinski definition) is 2. The van der Waals surface area contributed by atoms with E-state index < -0.39 is 16.1 Å². The topological polar surface area (TPSA) is 95.6 Å². The van der Waals surface area contributed by atoms with Gasteiger partial charge in [0.05, 0.1) is 4.90 Å². The molecular formula is C23H28ClN3O4S. The molecule has 1 aliphatic heterocycles.